The Labute approximate surface area is 150 Å². The third kappa shape index (κ3) is 4.30. The third-order valence-electron chi connectivity index (χ3n) is 3.61. The van der Waals surface area contributed by atoms with E-state index in [1.165, 1.54) is 32.7 Å². The number of benzene rings is 1. The van der Waals surface area contributed by atoms with Crippen LogP contribution in [-0.2, 0) is 6.42 Å². The third-order valence-corrected chi connectivity index (χ3v) is 4.86. The van der Waals surface area contributed by atoms with E-state index >= 15 is 0 Å². The molecule has 7 heteroatoms. The Hall–Kier alpha value is -2.54. The molecule has 0 saturated heterocycles. The van der Waals surface area contributed by atoms with Crippen LogP contribution in [0, 0.1) is 0 Å². The summed E-state index contributed by atoms with van der Waals surface area (Å²) in [5.41, 5.74) is 0.371. The fraction of sp³-hybridized carbons (Fsp3) is 0.333. The highest BCUT2D eigenvalue weighted by molar-refractivity contribution is 7.14. The first-order valence-electron chi connectivity index (χ1n) is 7.68. The van der Waals surface area contributed by atoms with Crippen molar-refractivity contribution in [3.63, 3.8) is 0 Å². The van der Waals surface area contributed by atoms with E-state index in [4.69, 9.17) is 14.2 Å². The lowest BCUT2D eigenvalue weighted by atomic mass is 10.1. The zero-order valence-corrected chi connectivity index (χ0v) is 15.5. The van der Waals surface area contributed by atoms with Crippen LogP contribution >= 0.6 is 11.3 Å². The van der Waals surface area contributed by atoms with E-state index in [0.29, 0.717) is 35.8 Å². The molecule has 6 nitrogen and oxygen atoms in total. The number of nitrogens with one attached hydrogen (secondary N) is 1. The van der Waals surface area contributed by atoms with Crippen LogP contribution in [0.3, 0.4) is 0 Å². The van der Waals surface area contributed by atoms with Crippen LogP contribution in [0.4, 0.5) is 0 Å². The molecule has 0 radical (unpaired) electrons. The summed E-state index contributed by atoms with van der Waals surface area (Å²) in [5, 5.41) is 2.86. The van der Waals surface area contributed by atoms with Gasteiger partial charge in [-0.15, -0.1) is 11.3 Å². The fourth-order valence-electron chi connectivity index (χ4n) is 2.38. The van der Waals surface area contributed by atoms with Gasteiger partial charge in [0, 0.05) is 11.4 Å². The van der Waals surface area contributed by atoms with Crippen molar-refractivity contribution in [2.45, 2.75) is 13.3 Å². The molecule has 0 spiro atoms. The lowest BCUT2D eigenvalue weighted by molar-refractivity contribution is 0.0949. The summed E-state index contributed by atoms with van der Waals surface area (Å²) in [4.78, 5) is 25.5. The molecule has 2 aromatic rings. The summed E-state index contributed by atoms with van der Waals surface area (Å²) < 4.78 is 15.8. The minimum Gasteiger partial charge on any atom is -0.493 e. The number of carbonyl (C=O) groups is 2. The lowest BCUT2D eigenvalue weighted by Gasteiger charge is -2.15. The van der Waals surface area contributed by atoms with Crippen LogP contribution in [0.1, 0.15) is 31.8 Å². The summed E-state index contributed by atoms with van der Waals surface area (Å²) in [5.74, 6) is 0.985. The van der Waals surface area contributed by atoms with Gasteiger partial charge < -0.3 is 19.5 Å². The van der Waals surface area contributed by atoms with Crippen LogP contribution in [0.15, 0.2) is 24.3 Å². The maximum Gasteiger partial charge on any atom is 0.255 e. The summed E-state index contributed by atoms with van der Waals surface area (Å²) in [6.07, 6.45) is 0.652. The number of hydrogen-bond acceptors (Lipinski definition) is 6. The van der Waals surface area contributed by atoms with Crippen molar-refractivity contribution in [2.75, 3.05) is 27.9 Å². The van der Waals surface area contributed by atoms with Crippen LogP contribution in [0.25, 0.3) is 0 Å². The first-order valence-corrected chi connectivity index (χ1v) is 8.50. The number of ether oxygens (including phenoxy) is 3. The minimum absolute atomic E-state index is 0.0512. The monoisotopic (exact) mass is 363 g/mol. The standard InChI is InChI=1S/C18H21NO5S/c1-11(20)15-8-5-12(25-15)9-10-19-18(21)13-6-7-14(22-2)17(24-4)16(13)23-3/h5-8H,9-10H2,1-4H3,(H,19,21). The number of ketones is 1. The molecule has 134 valence electrons. The molecular formula is C18H21NO5S. The van der Waals surface area contributed by atoms with Crippen LogP contribution in [0.2, 0.25) is 0 Å². The highest BCUT2D eigenvalue weighted by Gasteiger charge is 2.20. The first kappa shape index (κ1) is 18.8. The number of hydrogen-bond donors (Lipinski definition) is 1. The van der Waals surface area contributed by atoms with Gasteiger partial charge in [0.2, 0.25) is 5.75 Å². The molecular weight excluding hydrogens is 342 g/mol. The van der Waals surface area contributed by atoms with E-state index in [9.17, 15) is 9.59 Å². The van der Waals surface area contributed by atoms with E-state index in [0.717, 1.165) is 9.75 Å². The molecule has 1 amide bonds. The molecule has 0 saturated carbocycles. The van der Waals surface area contributed by atoms with E-state index in [2.05, 4.69) is 5.32 Å². The van der Waals surface area contributed by atoms with Gasteiger partial charge in [-0.3, -0.25) is 9.59 Å². The Kier molecular flexibility index (Phi) is 6.41. The van der Waals surface area contributed by atoms with Crippen molar-refractivity contribution in [1.29, 1.82) is 0 Å². The average Bonchev–Trinajstić information content (AvgIpc) is 3.09. The topological polar surface area (TPSA) is 73.9 Å². The second kappa shape index (κ2) is 8.53. The van der Waals surface area contributed by atoms with Crippen molar-refractivity contribution < 1.29 is 23.8 Å². The molecule has 2 rings (SSSR count). The van der Waals surface area contributed by atoms with Gasteiger partial charge in [0.05, 0.1) is 31.8 Å². The van der Waals surface area contributed by atoms with Crippen molar-refractivity contribution in [2.24, 2.45) is 0 Å². The minimum atomic E-state index is -0.263. The van der Waals surface area contributed by atoms with Gasteiger partial charge in [-0.1, -0.05) is 0 Å². The molecule has 0 fully saturated rings. The first-order chi connectivity index (χ1) is 12.0. The van der Waals surface area contributed by atoms with E-state index < -0.39 is 0 Å². The quantitative estimate of drug-likeness (QED) is 0.730. The Morgan fingerprint density at radius 1 is 1.00 bits per heavy atom. The molecule has 1 heterocycles. The van der Waals surface area contributed by atoms with Gasteiger partial charge >= 0.3 is 0 Å². The fourth-order valence-corrected chi connectivity index (χ4v) is 3.28. The Morgan fingerprint density at radius 3 is 2.28 bits per heavy atom. The molecule has 0 unspecified atom stereocenters. The summed E-state index contributed by atoms with van der Waals surface area (Å²) in [6, 6.07) is 7.01. The van der Waals surface area contributed by atoms with Crippen molar-refractivity contribution in [3.05, 3.63) is 39.6 Å². The van der Waals surface area contributed by atoms with Gasteiger partial charge in [-0.05, 0) is 37.6 Å². The number of rotatable bonds is 8. The number of Topliss-reactive ketones (excluding diaryl/α,β-unsaturated/α-hetero) is 1. The molecule has 1 aromatic carbocycles. The zero-order valence-electron chi connectivity index (χ0n) is 14.7. The number of amides is 1. The second-order valence-electron chi connectivity index (χ2n) is 5.21. The maximum atomic E-state index is 12.5. The van der Waals surface area contributed by atoms with Gasteiger partial charge in [-0.25, -0.2) is 0 Å². The van der Waals surface area contributed by atoms with Crippen molar-refractivity contribution >= 4 is 23.0 Å². The van der Waals surface area contributed by atoms with Gasteiger partial charge in [0.15, 0.2) is 17.3 Å². The largest absolute Gasteiger partial charge is 0.493 e. The van der Waals surface area contributed by atoms with Crippen molar-refractivity contribution in [1.82, 2.24) is 5.32 Å². The lowest BCUT2D eigenvalue weighted by Crippen LogP contribution is -2.26. The molecule has 1 aromatic heterocycles. The molecule has 0 atom stereocenters. The van der Waals surface area contributed by atoms with Crippen LogP contribution < -0.4 is 19.5 Å². The molecule has 0 aliphatic carbocycles. The van der Waals surface area contributed by atoms with Crippen LogP contribution in [-0.4, -0.2) is 39.6 Å². The Morgan fingerprint density at radius 2 is 1.72 bits per heavy atom. The van der Waals surface area contributed by atoms with Crippen LogP contribution in [0.5, 0.6) is 17.2 Å². The zero-order chi connectivity index (χ0) is 18.4. The number of carbonyl (C=O) groups excluding carboxylic acids is 2. The summed E-state index contributed by atoms with van der Waals surface area (Å²) in [7, 11) is 4.49. The predicted molar refractivity (Wildman–Crippen MR) is 96.5 cm³/mol. The molecule has 1 N–H and O–H groups in total. The Bertz CT molecular complexity index is 769. The molecule has 0 aliphatic heterocycles. The number of methoxy groups -OCH3 is 3. The molecule has 0 aliphatic rings. The van der Waals surface area contributed by atoms with E-state index in [1.807, 2.05) is 12.1 Å². The highest BCUT2D eigenvalue weighted by Crippen LogP contribution is 2.39. The summed E-state index contributed by atoms with van der Waals surface area (Å²) >= 11 is 1.45. The normalized spacial score (nSPS) is 10.2. The van der Waals surface area contributed by atoms with Gasteiger partial charge in [-0.2, -0.15) is 0 Å². The van der Waals surface area contributed by atoms with E-state index in [-0.39, 0.29) is 11.7 Å². The second-order valence-corrected chi connectivity index (χ2v) is 6.38. The maximum absolute atomic E-state index is 12.5. The Balaban J connectivity index is 2.06. The smallest absolute Gasteiger partial charge is 0.255 e. The van der Waals surface area contributed by atoms with Crippen molar-refractivity contribution in [3.8, 4) is 17.2 Å². The predicted octanol–water partition coefficient (Wildman–Crippen LogP) is 2.95. The SMILES string of the molecule is COc1ccc(C(=O)NCCc2ccc(C(C)=O)s2)c(OC)c1OC. The molecule has 25 heavy (non-hydrogen) atoms. The number of thiophene rings is 1. The van der Waals surface area contributed by atoms with Gasteiger partial charge in [0.1, 0.15) is 0 Å². The summed E-state index contributed by atoms with van der Waals surface area (Å²) in [6.45, 7) is 1.99. The average molecular weight is 363 g/mol. The van der Waals surface area contributed by atoms with Gasteiger partial charge in [0.25, 0.3) is 5.91 Å². The van der Waals surface area contributed by atoms with E-state index in [1.54, 1.807) is 19.1 Å². The highest BCUT2D eigenvalue weighted by atomic mass is 32.1. The molecule has 0 bridgehead atoms.